The second kappa shape index (κ2) is 10.2. The van der Waals surface area contributed by atoms with E-state index in [1.807, 2.05) is 31.2 Å². The summed E-state index contributed by atoms with van der Waals surface area (Å²) in [6.07, 6.45) is 0.988. The van der Waals surface area contributed by atoms with Crippen molar-refractivity contribution in [1.29, 1.82) is 0 Å². The highest BCUT2D eigenvalue weighted by Gasteiger charge is 2.12. The van der Waals surface area contributed by atoms with Crippen molar-refractivity contribution in [2.24, 2.45) is 0 Å². The molecule has 8 heteroatoms. The Morgan fingerprint density at radius 2 is 1.82 bits per heavy atom. The summed E-state index contributed by atoms with van der Waals surface area (Å²) in [6, 6.07) is 13.4. The predicted octanol–water partition coefficient (Wildman–Crippen LogP) is 3.06. The summed E-state index contributed by atoms with van der Waals surface area (Å²) >= 11 is 0. The Morgan fingerprint density at radius 3 is 2.54 bits per heavy atom. The van der Waals surface area contributed by atoms with Crippen LogP contribution in [0.5, 0.6) is 0 Å². The Hall–Kier alpha value is -3.26. The first-order chi connectivity index (χ1) is 13.4. The van der Waals surface area contributed by atoms with E-state index in [4.69, 9.17) is 0 Å². The molecule has 0 aliphatic heterocycles. The van der Waals surface area contributed by atoms with Crippen LogP contribution in [-0.2, 0) is 16.0 Å². The van der Waals surface area contributed by atoms with Gasteiger partial charge in [0.2, 0.25) is 11.8 Å². The molecule has 0 radical (unpaired) electrons. The SMILES string of the molecule is CCc1ccccc1NC(=O)CN(C)CCC(=O)Nc1cccc([N+](=O)[O-])c1. The van der Waals surface area contributed by atoms with Gasteiger partial charge in [0.1, 0.15) is 0 Å². The van der Waals surface area contributed by atoms with E-state index in [9.17, 15) is 19.7 Å². The Balaban J connectivity index is 1.79. The third-order valence-electron chi connectivity index (χ3n) is 4.15. The number of para-hydroxylation sites is 1. The van der Waals surface area contributed by atoms with Crippen molar-refractivity contribution in [3.8, 4) is 0 Å². The van der Waals surface area contributed by atoms with E-state index in [1.54, 1.807) is 18.0 Å². The number of nitrogens with zero attached hydrogens (tertiary/aromatic N) is 2. The number of likely N-dealkylation sites (N-methyl/N-ethyl adjacent to an activating group) is 1. The van der Waals surface area contributed by atoms with Crippen LogP contribution in [0.2, 0.25) is 0 Å². The van der Waals surface area contributed by atoms with E-state index < -0.39 is 4.92 Å². The molecule has 0 aliphatic carbocycles. The number of aryl methyl sites for hydroxylation is 1. The minimum absolute atomic E-state index is 0.0843. The summed E-state index contributed by atoms with van der Waals surface area (Å²) < 4.78 is 0. The van der Waals surface area contributed by atoms with Crippen molar-refractivity contribution < 1.29 is 14.5 Å². The van der Waals surface area contributed by atoms with Crippen molar-refractivity contribution in [3.05, 3.63) is 64.2 Å². The van der Waals surface area contributed by atoms with Crippen molar-refractivity contribution in [2.75, 3.05) is 30.8 Å². The first kappa shape index (κ1) is 21.0. The molecule has 148 valence electrons. The molecule has 0 atom stereocenters. The lowest BCUT2D eigenvalue weighted by atomic mass is 10.1. The number of hydrogen-bond acceptors (Lipinski definition) is 5. The maximum absolute atomic E-state index is 12.2. The molecule has 2 rings (SSSR count). The zero-order valence-corrected chi connectivity index (χ0v) is 16.0. The number of hydrogen-bond donors (Lipinski definition) is 2. The quantitative estimate of drug-likeness (QED) is 0.511. The van der Waals surface area contributed by atoms with Crippen LogP contribution < -0.4 is 10.6 Å². The van der Waals surface area contributed by atoms with E-state index in [2.05, 4.69) is 10.6 Å². The Labute approximate surface area is 163 Å². The Morgan fingerprint density at radius 1 is 1.07 bits per heavy atom. The van der Waals surface area contributed by atoms with Gasteiger partial charge in [-0.3, -0.25) is 24.6 Å². The number of non-ortho nitro benzene ring substituents is 1. The molecule has 0 aliphatic rings. The van der Waals surface area contributed by atoms with Crippen LogP contribution in [0.3, 0.4) is 0 Å². The van der Waals surface area contributed by atoms with E-state index in [0.717, 1.165) is 17.7 Å². The Bertz CT molecular complexity index is 854. The number of carbonyl (C=O) groups is 2. The molecule has 2 amide bonds. The van der Waals surface area contributed by atoms with Gasteiger partial charge in [-0.2, -0.15) is 0 Å². The van der Waals surface area contributed by atoms with E-state index in [-0.39, 0.29) is 30.5 Å². The molecule has 0 bridgehead atoms. The molecule has 0 unspecified atom stereocenters. The number of nitro benzene ring substituents is 1. The highest BCUT2D eigenvalue weighted by atomic mass is 16.6. The van der Waals surface area contributed by atoms with Crippen LogP contribution in [0.15, 0.2) is 48.5 Å². The Kier molecular flexibility index (Phi) is 7.65. The zero-order valence-electron chi connectivity index (χ0n) is 16.0. The molecule has 2 N–H and O–H groups in total. The number of amides is 2. The number of anilines is 2. The van der Waals surface area contributed by atoms with Gasteiger partial charge in [0.05, 0.1) is 11.5 Å². The van der Waals surface area contributed by atoms with Gasteiger partial charge in [0.25, 0.3) is 5.69 Å². The van der Waals surface area contributed by atoms with Gasteiger partial charge in [-0.1, -0.05) is 31.2 Å². The van der Waals surface area contributed by atoms with Gasteiger partial charge in [0, 0.05) is 36.5 Å². The lowest BCUT2D eigenvalue weighted by Gasteiger charge is -2.17. The summed E-state index contributed by atoms with van der Waals surface area (Å²) in [6.45, 7) is 2.56. The second-order valence-corrected chi connectivity index (χ2v) is 6.40. The van der Waals surface area contributed by atoms with E-state index in [1.165, 1.54) is 18.2 Å². The fourth-order valence-corrected chi connectivity index (χ4v) is 2.68. The summed E-state index contributed by atoms with van der Waals surface area (Å²) in [4.78, 5) is 36.3. The van der Waals surface area contributed by atoms with Crippen molar-refractivity contribution >= 4 is 28.9 Å². The van der Waals surface area contributed by atoms with Crippen molar-refractivity contribution in [3.63, 3.8) is 0 Å². The number of rotatable bonds is 9. The third-order valence-corrected chi connectivity index (χ3v) is 4.15. The van der Waals surface area contributed by atoms with E-state index in [0.29, 0.717) is 12.2 Å². The summed E-state index contributed by atoms with van der Waals surface area (Å²) in [5, 5.41) is 16.3. The van der Waals surface area contributed by atoms with Gasteiger partial charge in [0.15, 0.2) is 0 Å². The van der Waals surface area contributed by atoms with Crippen LogP contribution in [0.4, 0.5) is 17.1 Å². The molecule has 0 spiro atoms. The number of nitrogens with one attached hydrogen (secondary N) is 2. The monoisotopic (exact) mass is 384 g/mol. The predicted molar refractivity (Wildman–Crippen MR) is 108 cm³/mol. The molecule has 2 aromatic rings. The normalized spacial score (nSPS) is 10.5. The van der Waals surface area contributed by atoms with Crippen LogP contribution in [0.1, 0.15) is 18.9 Å². The zero-order chi connectivity index (χ0) is 20.5. The summed E-state index contributed by atoms with van der Waals surface area (Å²) in [5.41, 5.74) is 2.15. The van der Waals surface area contributed by atoms with Crippen molar-refractivity contribution in [1.82, 2.24) is 4.90 Å². The minimum Gasteiger partial charge on any atom is -0.326 e. The van der Waals surface area contributed by atoms with Crippen LogP contribution in [-0.4, -0.2) is 41.8 Å². The third kappa shape index (κ3) is 6.48. The average Bonchev–Trinajstić information content (AvgIpc) is 2.67. The minimum atomic E-state index is -0.515. The molecule has 0 fully saturated rings. The topological polar surface area (TPSA) is 105 Å². The largest absolute Gasteiger partial charge is 0.326 e. The van der Waals surface area contributed by atoms with Crippen LogP contribution in [0, 0.1) is 10.1 Å². The summed E-state index contributed by atoms with van der Waals surface area (Å²) in [5.74, 6) is -0.424. The number of benzene rings is 2. The van der Waals surface area contributed by atoms with Gasteiger partial charge in [-0.25, -0.2) is 0 Å². The lowest BCUT2D eigenvalue weighted by molar-refractivity contribution is -0.384. The first-order valence-corrected chi connectivity index (χ1v) is 8.99. The van der Waals surface area contributed by atoms with Gasteiger partial charge >= 0.3 is 0 Å². The van der Waals surface area contributed by atoms with Gasteiger partial charge < -0.3 is 10.6 Å². The lowest BCUT2D eigenvalue weighted by Crippen LogP contribution is -2.32. The molecule has 0 saturated carbocycles. The highest BCUT2D eigenvalue weighted by Crippen LogP contribution is 2.17. The molecule has 0 saturated heterocycles. The fraction of sp³-hybridized carbons (Fsp3) is 0.300. The second-order valence-electron chi connectivity index (χ2n) is 6.40. The van der Waals surface area contributed by atoms with Gasteiger partial charge in [-0.05, 0) is 31.2 Å². The molecule has 28 heavy (non-hydrogen) atoms. The molecular weight excluding hydrogens is 360 g/mol. The first-order valence-electron chi connectivity index (χ1n) is 8.99. The van der Waals surface area contributed by atoms with Crippen LogP contribution in [0.25, 0.3) is 0 Å². The average molecular weight is 384 g/mol. The fourth-order valence-electron chi connectivity index (χ4n) is 2.68. The van der Waals surface area contributed by atoms with Gasteiger partial charge in [-0.15, -0.1) is 0 Å². The number of nitro groups is 1. The molecule has 0 heterocycles. The molecular formula is C20H24N4O4. The standard InChI is InChI=1S/C20H24N4O4/c1-3-15-7-4-5-10-18(15)22-20(26)14-23(2)12-11-19(25)21-16-8-6-9-17(13-16)24(27)28/h4-10,13H,3,11-12,14H2,1-2H3,(H,21,25)(H,22,26). The number of carbonyl (C=O) groups excluding carboxylic acids is 2. The maximum Gasteiger partial charge on any atom is 0.271 e. The van der Waals surface area contributed by atoms with Crippen LogP contribution >= 0.6 is 0 Å². The smallest absolute Gasteiger partial charge is 0.271 e. The van der Waals surface area contributed by atoms with E-state index >= 15 is 0 Å². The summed E-state index contributed by atoms with van der Waals surface area (Å²) in [7, 11) is 1.76. The highest BCUT2D eigenvalue weighted by molar-refractivity contribution is 5.93. The molecule has 8 nitrogen and oxygen atoms in total. The maximum atomic E-state index is 12.2. The molecule has 0 aromatic heterocycles. The molecule has 2 aromatic carbocycles. The van der Waals surface area contributed by atoms with Crippen molar-refractivity contribution in [2.45, 2.75) is 19.8 Å².